The third-order valence-corrected chi connectivity index (χ3v) is 3.15. The highest BCUT2D eigenvalue weighted by molar-refractivity contribution is 6.36. The summed E-state index contributed by atoms with van der Waals surface area (Å²) in [5.74, 6) is 0.675. The first-order valence-corrected chi connectivity index (χ1v) is 6.01. The van der Waals surface area contributed by atoms with E-state index in [1.54, 1.807) is 6.20 Å². The number of halogens is 1. The summed E-state index contributed by atoms with van der Waals surface area (Å²) in [6, 6.07) is 13.8. The Morgan fingerprint density at radius 2 is 1.94 bits per heavy atom. The number of hydrogen-bond acceptors (Lipinski definition) is 2. The predicted molar refractivity (Wildman–Crippen MR) is 71.9 cm³/mol. The van der Waals surface area contributed by atoms with Crippen LogP contribution in [-0.2, 0) is 6.61 Å². The largest absolute Gasteiger partial charge is 0.487 e. The van der Waals surface area contributed by atoms with Crippen molar-refractivity contribution in [3.63, 3.8) is 0 Å². The van der Waals surface area contributed by atoms with Gasteiger partial charge in [-0.15, -0.1) is 0 Å². The molecule has 0 spiro atoms. The van der Waals surface area contributed by atoms with Crippen LogP contribution in [0.1, 0.15) is 5.56 Å². The second-order valence-corrected chi connectivity index (χ2v) is 4.36. The molecule has 0 aliphatic rings. The van der Waals surface area contributed by atoms with Gasteiger partial charge in [0.2, 0.25) is 0 Å². The zero-order valence-electron chi connectivity index (χ0n) is 9.56. The van der Waals surface area contributed by atoms with Crippen LogP contribution in [0.5, 0.6) is 5.75 Å². The highest BCUT2D eigenvalue weighted by Gasteiger charge is 2.08. The molecule has 1 N–H and O–H groups in total. The van der Waals surface area contributed by atoms with Gasteiger partial charge < -0.3 is 4.74 Å². The van der Waals surface area contributed by atoms with Crippen LogP contribution < -0.4 is 4.74 Å². The fraction of sp³-hybridized carbons (Fsp3) is 0.0714. The van der Waals surface area contributed by atoms with E-state index in [1.165, 1.54) is 0 Å². The molecular formula is C14H11ClN2O. The molecule has 0 saturated heterocycles. The van der Waals surface area contributed by atoms with E-state index < -0.39 is 0 Å². The van der Waals surface area contributed by atoms with Crippen molar-refractivity contribution in [3.05, 3.63) is 59.2 Å². The van der Waals surface area contributed by atoms with Crippen molar-refractivity contribution in [3.8, 4) is 5.75 Å². The number of nitrogens with one attached hydrogen (secondary N) is 1. The molecule has 90 valence electrons. The zero-order valence-corrected chi connectivity index (χ0v) is 10.3. The van der Waals surface area contributed by atoms with Crippen molar-refractivity contribution in [2.45, 2.75) is 6.61 Å². The molecule has 3 rings (SSSR count). The minimum Gasteiger partial charge on any atom is -0.487 e. The zero-order chi connectivity index (χ0) is 12.4. The fourth-order valence-electron chi connectivity index (χ4n) is 1.81. The number of rotatable bonds is 3. The van der Waals surface area contributed by atoms with Crippen LogP contribution in [0.2, 0.25) is 5.02 Å². The number of hydrogen-bond donors (Lipinski definition) is 1. The van der Waals surface area contributed by atoms with Crippen molar-refractivity contribution < 1.29 is 4.74 Å². The van der Waals surface area contributed by atoms with Gasteiger partial charge in [0.25, 0.3) is 0 Å². The number of aromatic amines is 1. The van der Waals surface area contributed by atoms with Gasteiger partial charge in [-0.05, 0) is 17.7 Å². The number of aromatic nitrogens is 2. The van der Waals surface area contributed by atoms with Gasteiger partial charge in [-0.25, -0.2) is 0 Å². The molecule has 3 aromatic rings. The van der Waals surface area contributed by atoms with Crippen LogP contribution in [-0.4, -0.2) is 10.2 Å². The summed E-state index contributed by atoms with van der Waals surface area (Å²) in [6.45, 7) is 0.504. The number of benzene rings is 2. The molecule has 2 aromatic carbocycles. The molecule has 1 aromatic heterocycles. The SMILES string of the molecule is Clc1c(OCc2ccccc2)ccc2[nH]ncc12. The number of nitrogens with zero attached hydrogens (tertiary/aromatic N) is 1. The first kappa shape index (κ1) is 11.1. The van der Waals surface area contributed by atoms with Crippen LogP contribution in [0.4, 0.5) is 0 Å². The Labute approximate surface area is 109 Å². The molecule has 0 aliphatic carbocycles. The molecule has 4 heteroatoms. The summed E-state index contributed by atoms with van der Waals surface area (Å²) in [4.78, 5) is 0. The number of fused-ring (bicyclic) bond motifs is 1. The van der Waals surface area contributed by atoms with Crippen molar-refractivity contribution in [1.29, 1.82) is 0 Å². The lowest BCUT2D eigenvalue weighted by molar-refractivity contribution is 0.307. The minimum atomic E-state index is 0.504. The van der Waals surface area contributed by atoms with E-state index in [0.29, 0.717) is 17.4 Å². The Kier molecular flexibility index (Phi) is 2.90. The van der Waals surface area contributed by atoms with Gasteiger partial charge in [0.15, 0.2) is 0 Å². The van der Waals surface area contributed by atoms with E-state index in [9.17, 15) is 0 Å². The monoisotopic (exact) mass is 258 g/mol. The third-order valence-electron chi connectivity index (χ3n) is 2.76. The fourth-order valence-corrected chi connectivity index (χ4v) is 2.08. The maximum Gasteiger partial charge on any atom is 0.139 e. The van der Waals surface area contributed by atoms with Gasteiger partial charge in [0.1, 0.15) is 12.4 Å². The van der Waals surface area contributed by atoms with Gasteiger partial charge in [-0.1, -0.05) is 41.9 Å². The van der Waals surface area contributed by atoms with E-state index in [2.05, 4.69) is 10.2 Å². The normalized spacial score (nSPS) is 10.7. The second kappa shape index (κ2) is 4.70. The maximum atomic E-state index is 6.26. The second-order valence-electron chi connectivity index (χ2n) is 3.98. The number of H-pyrrole nitrogens is 1. The lowest BCUT2D eigenvalue weighted by Crippen LogP contribution is -1.95. The van der Waals surface area contributed by atoms with Crippen molar-refractivity contribution >= 4 is 22.5 Å². The molecule has 0 radical (unpaired) electrons. The minimum absolute atomic E-state index is 0.504. The lowest BCUT2D eigenvalue weighted by Gasteiger charge is -2.08. The molecule has 18 heavy (non-hydrogen) atoms. The summed E-state index contributed by atoms with van der Waals surface area (Å²) >= 11 is 6.26. The Morgan fingerprint density at radius 3 is 2.78 bits per heavy atom. The van der Waals surface area contributed by atoms with Crippen molar-refractivity contribution in [1.82, 2.24) is 10.2 Å². The van der Waals surface area contributed by atoms with Crippen molar-refractivity contribution in [2.24, 2.45) is 0 Å². The summed E-state index contributed by atoms with van der Waals surface area (Å²) in [7, 11) is 0. The van der Waals surface area contributed by atoms with Crippen LogP contribution in [0.3, 0.4) is 0 Å². The molecule has 0 saturated carbocycles. The van der Waals surface area contributed by atoms with E-state index in [1.807, 2.05) is 42.5 Å². The van der Waals surface area contributed by atoms with Gasteiger partial charge in [0.05, 0.1) is 16.7 Å². The molecule has 0 aliphatic heterocycles. The molecule has 0 fully saturated rings. The standard InChI is InChI=1S/C14H11ClN2O/c15-14-11-8-16-17-12(11)6-7-13(14)18-9-10-4-2-1-3-5-10/h1-8H,9H2,(H,16,17). The molecule has 0 bridgehead atoms. The Bertz CT molecular complexity index is 664. The maximum absolute atomic E-state index is 6.26. The summed E-state index contributed by atoms with van der Waals surface area (Å²) in [5, 5.41) is 8.30. The average Bonchev–Trinajstić information content (AvgIpc) is 2.88. The van der Waals surface area contributed by atoms with Crippen LogP contribution >= 0.6 is 11.6 Å². The Hall–Kier alpha value is -2.00. The molecule has 1 heterocycles. The van der Waals surface area contributed by atoms with Gasteiger partial charge >= 0.3 is 0 Å². The van der Waals surface area contributed by atoms with Crippen LogP contribution in [0, 0.1) is 0 Å². The third kappa shape index (κ3) is 2.05. The lowest BCUT2D eigenvalue weighted by atomic mass is 10.2. The predicted octanol–water partition coefficient (Wildman–Crippen LogP) is 3.80. The number of ether oxygens (including phenoxy) is 1. The van der Waals surface area contributed by atoms with E-state index in [-0.39, 0.29) is 0 Å². The average molecular weight is 259 g/mol. The van der Waals surface area contributed by atoms with E-state index in [4.69, 9.17) is 16.3 Å². The molecule has 0 atom stereocenters. The van der Waals surface area contributed by atoms with Crippen LogP contribution in [0.25, 0.3) is 10.9 Å². The molecule has 0 unspecified atom stereocenters. The van der Waals surface area contributed by atoms with Gasteiger partial charge in [-0.2, -0.15) is 5.10 Å². The van der Waals surface area contributed by atoms with Crippen molar-refractivity contribution in [2.75, 3.05) is 0 Å². The summed E-state index contributed by atoms with van der Waals surface area (Å²) in [6.07, 6.45) is 1.70. The van der Waals surface area contributed by atoms with Gasteiger partial charge in [-0.3, -0.25) is 5.10 Å². The van der Waals surface area contributed by atoms with E-state index in [0.717, 1.165) is 16.5 Å². The smallest absolute Gasteiger partial charge is 0.139 e. The summed E-state index contributed by atoms with van der Waals surface area (Å²) < 4.78 is 5.73. The highest BCUT2D eigenvalue weighted by Crippen LogP contribution is 2.32. The molecular weight excluding hydrogens is 248 g/mol. The molecule has 0 amide bonds. The Morgan fingerprint density at radius 1 is 1.11 bits per heavy atom. The highest BCUT2D eigenvalue weighted by atomic mass is 35.5. The van der Waals surface area contributed by atoms with E-state index >= 15 is 0 Å². The molecule has 3 nitrogen and oxygen atoms in total. The van der Waals surface area contributed by atoms with Crippen LogP contribution in [0.15, 0.2) is 48.7 Å². The quantitative estimate of drug-likeness (QED) is 0.776. The first-order valence-electron chi connectivity index (χ1n) is 5.63. The Balaban J connectivity index is 1.84. The summed E-state index contributed by atoms with van der Waals surface area (Å²) in [5.41, 5.74) is 2.02. The van der Waals surface area contributed by atoms with Gasteiger partial charge in [0, 0.05) is 5.39 Å². The topological polar surface area (TPSA) is 37.9 Å². The first-order chi connectivity index (χ1) is 8.84.